The molecule has 15 heavy (non-hydrogen) atoms. The zero-order valence-electron chi connectivity index (χ0n) is 8.33. The lowest BCUT2D eigenvalue weighted by molar-refractivity contribution is 0.414. The summed E-state index contributed by atoms with van der Waals surface area (Å²) in [4.78, 5) is 11.4. The molecule has 0 atom stereocenters. The Morgan fingerprint density at radius 2 is 2.13 bits per heavy atom. The van der Waals surface area contributed by atoms with E-state index in [1.54, 1.807) is 13.2 Å². The number of fused-ring (bicyclic) bond motifs is 1. The number of halogens is 1. The summed E-state index contributed by atoms with van der Waals surface area (Å²) in [7, 11) is 1.58. The Balaban J connectivity index is 2.86. The third kappa shape index (κ3) is 1.73. The van der Waals surface area contributed by atoms with Crippen molar-refractivity contribution in [3.8, 4) is 5.75 Å². The molecule has 0 unspecified atom stereocenters. The summed E-state index contributed by atoms with van der Waals surface area (Å²) in [5.41, 5.74) is 1.22. The van der Waals surface area contributed by atoms with E-state index in [0.717, 1.165) is 10.9 Å². The van der Waals surface area contributed by atoms with Crippen LogP contribution in [-0.2, 0) is 0 Å². The average molecular weight is 316 g/mol. The summed E-state index contributed by atoms with van der Waals surface area (Å²) < 4.78 is 10.9. The monoisotopic (exact) mass is 316 g/mol. The highest BCUT2D eigenvalue weighted by Gasteiger charge is 2.08. The van der Waals surface area contributed by atoms with Gasteiger partial charge >= 0.3 is 5.63 Å². The minimum atomic E-state index is -0.297. The fourth-order valence-electron chi connectivity index (χ4n) is 1.44. The highest BCUT2D eigenvalue weighted by molar-refractivity contribution is 14.1. The second kappa shape index (κ2) is 3.84. The molecule has 3 nitrogen and oxygen atoms in total. The maximum atomic E-state index is 11.4. The van der Waals surface area contributed by atoms with E-state index in [4.69, 9.17) is 9.15 Å². The summed E-state index contributed by atoms with van der Waals surface area (Å²) in [6.07, 6.45) is 0. The Hall–Kier alpha value is -1.04. The SMILES string of the molecule is COc1ccc2c(C)c(I)c(=O)oc2c1. The maximum Gasteiger partial charge on any atom is 0.350 e. The van der Waals surface area contributed by atoms with Gasteiger partial charge in [-0.25, -0.2) is 4.79 Å². The Labute approximate surface area is 100 Å². The van der Waals surface area contributed by atoms with E-state index in [0.29, 0.717) is 14.9 Å². The van der Waals surface area contributed by atoms with Gasteiger partial charge in [-0.3, -0.25) is 0 Å². The van der Waals surface area contributed by atoms with Gasteiger partial charge in [-0.05, 0) is 47.2 Å². The van der Waals surface area contributed by atoms with E-state index >= 15 is 0 Å². The van der Waals surface area contributed by atoms with Crippen LogP contribution in [0, 0.1) is 10.5 Å². The number of benzene rings is 1. The molecule has 1 aromatic carbocycles. The normalized spacial score (nSPS) is 10.6. The van der Waals surface area contributed by atoms with E-state index in [9.17, 15) is 4.79 Å². The van der Waals surface area contributed by atoms with Crippen LogP contribution >= 0.6 is 22.6 Å². The van der Waals surface area contributed by atoms with E-state index in [1.807, 2.05) is 41.6 Å². The molecule has 1 aromatic heterocycles. The van der Waals surface area contributed by atoms with Crippen LogP contribution in [-0.4, -0.2) is 7.11 Å². The van der Waals surface area contributed by atoms with Gasteiger partial charge in [0, 0.05) is 11.5 Å². The van der Waals surface area contributed by atoms with Gasteiger partial charge in [0.1, 0.15) is 14.9 Å². The second-order valence-electron chi connectivity index (χ2n) is 3.19. The van der Waals surface area contributed by atoms with Crippen molar-refractivity contribution < 1.29 is 9.15 Å². The lowest BCUT2D eigenvalue weighted by atomic mass is 10.1. The van der Waals surface area contributed by atoms with Gasteiger partial charge in [0.2, 0.25) is 0 Å². The first kappa shape index (κ1) is 10.5. The molecule has 0 amide bonds. The minimum absolute atomic E-state index is 0.297. The van der Waals surface area contributed by atoms with Crippen molar-refractivity contribution in [2.75, 3.05) is 7.11 Å². The van der Waals surface area contributed by atoms with Crippen LogP contribution in [0.1, 0.15) is 5.56 Å². The lowest BCUT2D eigenvalue weighted by Crippen LogP contribution is -2.05. The molecule has 0 aliphatic carbocycles. The van der Waals surface area contributed by atoms with Gasteiger partial charge in [0.25, 0.3) is 0 Å². The van der Waals surface area contributed by atoms with Crippen molar-refractivity contribution in [2.45, 2.75) is 6.92 Å². The fraction of sp³-hybridized carbons (Fsp3) is 0.182. The van der Waals surface area contributed by atoms with Gasteiger partial charge < -0.3 is 9.15 Å². The molecule has 78 valence electrons. The third-order valence-corrected chi connectivity index (χ3v) is 3.55. The molecule has 0 fully saturated rings. The zero-order valence-corrected chi connectivity index (χ0v) is 10.5. The molecule has 0 spiro atoms. The highest BCUT2D eigenvalue weighted by atomic mass is 127. The van der Waals surface area contributed by atoms with Crippen molar-refractivity contribution in [1.29, 1.82) is 0 Å². The number of hydrogen-bond acceptors (Lipinski definition) is 3. The smallest absolute Gasteiger partial charge is 0.350 e. The Morgan fingerprint density at radius 3 is 2.80 bits per heavy atom. The topological polar surface area (TPSA) is 39.4 Å². The zero-order chi connectivity index (χ0) is 11.0. The predicted octanol–water partition coefficient (Wildman–Crippen LogP) is 2.71. The number of rotatable bonds is 1. The number of hydrogen-bond donors (Lipinski definition) is 0. The molecular weight excluding hydrogens is 307 g/mol. The molecule has 0 aliphatic rings. The van der Waals surface area contributed by atoms with Crippen LogP contribution in [0.2, 0.25) is 0 Å². The summed E-state index contributed by atoms with van der Waals surface area (Å²) >= 11 is 2.00. The van der Waals surface area contributed by atoms with Crippen molar-refractivity contribution in [1.82, 2.24) is 0 Å². The Morgan fingerprint density at radius 1 is 1.40 bits per heavy atom. The van der Waals surface area contributed by atoms with Crippen molar-refractivity contribution in [3.63, 3.8) is 0 Å². The molecule has 2 aromatic rings. The third-order valence-electron chi connectivity index (χ3n) is 2.30. The van der Waals surface area contributed by atoms with Crippen LogP contribution < -0.4 is 10.4 Å². The van der Waals surface area contributed by atoms with E-state index in [-0.39, 0.29) is 5.63 Å². The quantitative estimate of drug-likeness (QED) is 0.600. The lowest BCUT2D eigenvalue weighted by Gasteiger charge is -2.04. The predicted molar refractivity (Wildman–Crippen MR) is 66.5 cm³/mol. The first-order chi connectivity index (χ1) is 7.13. The number of aryl methyl sites for hydroxylation is 1. The van der Waals surface area contributed by atoms with Gasteiger partial charge in [0.05, 0.1) is 7.11 Å². The Bertz CT molecular complexity index is 572. The maximum absolute atomic E-state index is 11.4. The molecule has 2 rings (SSSR count). The molecule has 0 radical (unpaired) electrons. The molecule has 0 saturated carbocycles. The van der Waals surface area contributed by atoms with Crippen molar-refractivity contribution >= 4 is 33.6 Å². The fourth-order valence-corrected chi connectivity index (χ4v) is 1.84. The number of ether oxygens (including phenoxy) is 1. The average Bonchev–Trinajstić information content (AvgIpc) is 2.25. The van der Waals surface area contributed by atoms with Gasteiger partial charge in [0.15, 0.2) is 0 Å². The summed E-state index contributed by atoms with van der Waals surface area (Å²) in [6.45, 7) is 1.91. The van der Waals surface area contributed by atoms with Gasteiger partial charge in [-0.1, -0.05) is 0 Å². The molecule has 1 heterocycles. The molecular formula is C11H9IO3. The first-order valence-electron chi connectivity index (χ1n) is 4.40. The molecule has 0 N–H and O–H groups in total. The van der Waals surface area contributed by atoms with Crippen LogP contribution in [0.3, 0.4) is 0 Å². The summed E-state index contributed by atoms with van der Waals surface area (Å²) in [6, 6.07) is 5.47. The van der Waals surface area contributed by atoms with Crippen molar-refractivity contribution in [2.24, 2.45) is 0 Å². The standard InChI is InChI=1S/C11H9IO3/c1-6-8-4-3-7(14-2)5-9(8)15-11(13)10(6)12/h3-5H,1-2H3. The van der Waals surface area contributed by atoms with E-state index < -0.39 is 0 Å². The van der Waals surface area contributed by atoms with Crippen LogP contribution in [0.4, 0.5) is 0 Å². The molecule has 0 bridgehead atoms. The van der Waals surface area contributed by atoms with Crippen LogP contribution in [0.25, 0.3) is 11.0 Å². The molecule has 4 heteroatoms. The first-order valence-corrected chi connectivity index (χ1v) is 5.48. The summed E-state index contributed by atoms with van der Waals surface area (Å²) in [5, 5.41) is 0.944. The van der Waals surface area contributed by atoms with E-state index in [1.165, 1.54) is 0 Å². The van der Waals surface area contributed by atoms with Crippen LogP contribution in [0.5, 0.6) is 5.75 Å². The largest absolute Gasteiger partial charge is 0.497 e. The van der Waals surface area contributed by atoms with E-state index in [2.05, 4.69) is 0 Å². The minimum Gasteiger partial charge on any atom is -0.497 e. The number of methoxy groups -OCH3 is 1. The molecule has 0 saturated heterocycles. The second-order valence-corrected chi connectivity index (χ2v) is 4.27. The molecule has 0 aliphatic heterocycles. The summed E-state index contributed by atoms with van der Waals surface area (Å²) in [5.74, 6) is 0.686. The van der Waals surface area contributed by atoms with Crippen LogP contribution in [0.15, 0.2) is 27.4 Å². The van der Waals surface area contributed by atoms with Crippen molar-refractivity contribution in [3.05, 3.63) is 37.8 Å². The Kier molecular flexibility index (Phi) is 2.68. The highest BCUT2D eigenvalue weighted by Crippen LogP contribution is 2.24. The van der Waals surface area contributed by atoms with Gasteiger partial charge in [-0.15, -0.1) is 0 Å². The van der Waals surface area contributed by atoms with Gasteiger partial charge in [-0.2, -0.15) is 0 Å².